The maximum Gasteiger partial charge on any atom is 0.00100 e. The first-order valence-electron chi connectivity index (χ1n) is 8.77. The average molecular weight is 306 g/mol. The van der Waals surface area contributed by atoms with Crippen molar-refractivity contribution in [3.63, 3.8) is 0 Å². The Labute approximate surface area is 142 Å². The van der Waals surface area contributed by atoms with Crippen molar-refractivity contribution in [2.75, 3.05) is 0 Å². The Morgan fingerprint density at radius 1 is 1.26 bits per heavy atom. The quantitative estimate of drug-likeness (QED) is 0.426. The molecule has 0 nitrogen and oxygen atoms in total. The molecule has 1 fully saturated rings. The number of hydrogen-bond acceptors (Lipinski definition) is 0. The van der Waals surface area contributed by atoms with Crippen LogP contribution in [0.15, 0.2) is 60.3 Å². The van der Waals surface area contributed by atoms with Gasteiger partial charge in [0.05, 0.1) is 0 Å². The van der Waals surface area contributed by atoms with Gasteiger partial charge in [-0.3, -0.25) is 0 Å². The second-order valence-electron chi connectivity index (χ2n) is 7.38. The molecule has 0 aromatic heterocycles. The van der Waals surface area contributed by atoms with Crippen LogP contribution in [0.2, 0.25) is 0 Å². The lowest BCUT2D eigenvalue weighted by molar-refractivity contribution is 0.246. The van der Waals surface area contributed by atoms with Crippen LogP contribution in [0.25, 0.3) is 0 Å². The molecule has 3 aliphatic rings. The van der Waals surface area contributed by atoms with Gasteiger partial charge in [-0.25, -0.2) is 0 Å². The van der Waals surface area contributed by atoms with Crippen molar-refractivity contribution in [2.45, 2.75) is 40.0 Å². The van der Waals surface area contributed by atoms with Gasteiger partial charge < -0.3 is 0 Å². The first-order valence-corrected chi connectivity index (χ1v) is 8.77. The summed E-state index contributed by atoms with van der Waals surface area (Å²) in [5, 5.41) is 0. The van der Waals surface area contributed by atoms with E-state index in [-0.39, 0.29) is 0 Å². The molecule has 3 aliphatic carbocycles. The van der Waals surface area contributed by atoms with Crippen LogP contribution in [0.3, 0.4) is 0 Å². The highest BCUT2D eigenvalue weighted by Gasteiger charge is 2.47. The van der Waals surface area contributed by atoms with E-state index in [1.165, 1.54) is 24.8 Å². The van der Waals surface area contributed by atoms with Crippen molar-refractivity contribution >= 4 is 0 Å². The third-order valence-corrected chi connectivity index (χ3v) is 6.01. The SMILES string of the molecule is C#C.C=C1C=CC2(C)C(CCC2C2=CC(C)C(/C=C\C)C=C2)C1. The minimum Gasteiger partial charge on any atom is -0.124 e. The van der Waals surface area contributed by atoms with Crippen molar-refractivity contribution in [3.05, 3.63) is 60.3 Å². The zero-order valence-corrected chi connectivity index (χ0v) is 14.8. The van der Waals surface area contributed by atoms with E-state index in [1.54, 1.807) is 5.57 Å². The second kappa shape index (κ2) is 7.22. The molecule has 0 aromatic carbocycles. The second-order valence-corrected chi connectivity index (χ2v) is 7.38. The molecule has 0 bridgehead atoms. The number of hydrogen-bond donors (Lipinski definition) is 0. The normalized spacial score (nSPS) is 38.8. The lowest BCUT2D eigenvalue weighted by Gasteiger charge is -2.39. The van der Waals surface area contributed by atoms with E-state index in [2.05, 4.69) is 82.7 Å². The summed E-state index contributed by atoms with van der Waals surface area (Å²) in [6, 6.07) is 0. The molecule has 122 valence electrons. The van der Waals surface area contributed by atoms with Gasteiger partial charge in [-0.05, 0) is 54.9 Å². The fourth-order valence-corrected chi connectivity index (χ4v) is 4.62. The molecule has 1 saturated carbocycles. The predicted molar refractivity (Wildman–Crippen MR) is 102 cm³/mol. The maximum absolute atomic E-state index is 4.16. The van der Waals surface area contributed by atoms with Crippen LogP contribution in [0.1, 0.15) is 40.0 Å². The Balaban J connectivity index is 0.000000924. The van der Waals surface area contributed by atoms with E-state index in [1.807, 2.05) is 0 Å². The summed E-state index contributed by atoms with van der Waals surface area (Å²) in [6.07, 6.45) is 28.4. The van der Waals surface area contributed by atoms with Crippen LogP contribution in [0, 0.1) is 41.9 Å². The topological polar surface area (TPSA) is 0 Å². The van der Waals surface area contributed by atoms with Crippen LogP contribution in [-0.2, 0) is 0 Å². The fourth-order valence-electron chi connectivity index (χ4n) is 4.62. The fraction of sp³-hybridized carbons (Fsp3) is 0.478. The van der Waals surface area contributed by atoms with Crippen molar-refractivity contribution < 1.29 is 0 Å². The minimum absolute atomic E-state index is 0.338. The lowest BCUT2D eigenvalue weighted by Crippen LogP contribution is -2.30. The van der Waals surface area contributed by atoms with Crippen LogP contribution in [0.5, 0.6) is 0 Å². The molecule has 0 saturated heterocycles. The highest BCUT2D eigenvalue weighted by Crippen LogP contribution is 2.56. The Morgan fingerprint density at radius 3 is 2.65 bits per heavy atom. The van der Waals surface area contributed by atoms with Crippen LogP contribution >= 0.6 is 0 Å². The highest BCUT2D eigenvalue weighted by atomic mass is 14.5. The molecule has 5 unspecified atom stereocenters. The van der Waals surface area contributed by atoms with Crippen molar-refractivity contribution in [1.29, 1.82) is 0 Å². The summed E-state index contributed by atoms with van der Waals surface area (Å²) in [4.78, 5) is 0. The van der Waals surface area contributed by atoms with Gasteiger partial charge in [0.25, 0.3) is 0 Å². The molecule has 0 heteroatoms. The Kier molecular flexibility index (Phi) is 5.53. The summed E-state index contributed by atoms with van der Waals surface area (Å²) in [5.74, 6) is 2.67. The molecule has 0 heterocycles. The van der Waals surface area contributed by atoms with Gasteiger partial charge in [0.15, 0.2) is 0 Å². The van der Waals surface area contributed by atoms with Crippen LogP contribution in [-0.4, -0.2) is 0 Å². The van der Waals surface area contributed by atoms with E-state index in [4.69, 9.17) is 0 Å². The predicted octanol–water partition coefficient (Wildman–Crippen LogP) is 6.11. The zero-order valence-electron chi connectivity index (χ0n) is 14.8. The maximum atomic E-state index is 4.16. The molecule has 0 N–H and O–H groups in total. The Morgan fingerprint density at radius 2 is 2.00 bits per heavy atom. The number of rotatable bonds is 2. The van der Waals surface area contributed by atoms with Crippen LogP contribution in [0.4, 0.5) is 0 Å². The first-order chi connectivity index (χ1) is 11.0. The van der Waals surface area contributed by atoms with E-state index in [0.29, 0.717) is 23.2 Å². The minimum atomic E-state index is 0.338. The monoisotopic (exact) mass is 306 g/mol. The number of allylic oxidation sites excluding steroid dienone is 9. The van der Waals surface area contributed by atoms with Gasteiger partial charge in [-0.1, -0.05) is 68.5 Å². The third kappa shape index (κ3) is 3.30. The van der Waals surface area contributed by atoms with Gasteiger partial charge in [0.2, 0.25) is 0 Å². The van der Waals surface area contributed by atoms with Gasteiger partial charge in [0, 0.05) is 5.92 Å². The summed E-state index contributed by atoms with van der Waals surface area (Å²) >= 11 is 0. The molecule has 0 amide bonds. The van der Waals surface area contributed by atoms with Gasteiger partial charge in [0.1, 0.15) is 0 Å². The number of terminal acetylenes is 1. The number of fused-ring (bicyclic) bond motifs is 1. The third-order valence-electron chi connectivity index (χ3n) is 6.01. The summed E-state index contributed by atoms with van der Waals surface area (Å²) < 4.78 is 0. The van der Waals surface area contributed by atoms with Crippen LogP contribution < -0.4 is 0 Å². The highest BCUT2D eigenvalue weighted by molar-refractivity contribution is 5.36. The van der Waals surface area contributed by atoms with E-state index in [9.17, 15) is 0 Å². The van der Waals surface area contributed by atoms with Gasteiger partial charge >= 0.3 is 0 Å². The van der Waals surface area contributed by atoms with E-state index in [0.717, 1.165) is 5.92 Å². The molecule has 0 aromatic rings. The smallest absolute Gasteiger partial charge is 0.00100 e. The zero-order chi connectivity index (χ0) is 17.0. The molecule has 0 spiro atoms. The molecule has 3 rings (SSSR count). The Hall–Kier alpha value is -1.74. The van der Waals surface area contributed by atoms with Crippen molar-refractivity contribution in [3.8, 4) is 12.8 Å². The van der Waals surface area contributed by atoms with E-state index >= 15 is 0 Å². The molecular formula is C23H30. The van der Waals surface area contributed by atoms with Crippen molar-refractivity contribution in [1.82, 2.24) is 0 Å². The van der Waals surface area contributed by atoms with Crippen molar-refractivity contribution in [2.24, 2.45) is 29.1 Å². The first kappa shape index (κ1) is 17.6. The van der Waals surface area contributed by atoms with E-state index < -0.39 is 0 Å². The molecule has 5 atom stereocenters. The standard InChI is InChI=1S/C21H28.C2H2/c1-5-6-17-7-8-18(14-16(17)3)20-10-9-19-13-15(2)11-12-21(19,20)4;1-2/h5-8,11-12,14,16-17,19-20H,2,9-10,13H2,1,3-4H3;1-2H/b6-5-;. The largest absolute Gasteiger partial charge is 0.124 e. The molecular weight excluding hydrogens is 276 g/mol. The average Bonchev–Trinajstić information content (AvgIpc) is 2.88. The van der Waals surface area contributed by atoms with Gasteiger partial charge in [-0.2, -0.15) is 0 Å². The summed E-state index contributed by atoms with van der Waals surface area (Å²) in [5.41, 5.74) is 3.23. The lowest BCUT2D eigenvalue weighted by atomic mass is 9.65. The summed E-state index contributed by atoms with van der Waals surface area (Å²) in [7, 11) is 0. The molecule has 23 heavy (non-hydrogen) atoms. The molecule has 0 aliphatic heterocycles. The Bertz CT molecular complexity index is 580. The molecule has 0 radical (unpaired) electrons. The van der Waals surface area contributed by atoms with Gasteiger partial charge in [-0.15, -0.1) is 12.8 Å². The summed E-state index contributed by atoms with van der Waals surface area (Å²) in [6.45, 7) is 11.1.